The van der Waals surface area contributed by atoms with Crippen molar-refractivity contribution < 1.29 is 14.6 Å². The van der Waals surface area contributed by atoms with E-state index in [4.69, 9.17) is 9.84 Å². The summed E-state index contributed by atoms with van der Waals surface area (Å²) < 4.78 is 5.85. The van der Waals surface area contributed by atoms with Crippen LogP contribution < -0.4 is 10.1 Å². The fraction of sp³-hybridized carbons (Fsp3) is 0.200. The molecule has 1 aromatic carbocycles. The lowest BCUT2D eigenvalue weighted by molar-refractivity contribution is 0.0697. The van der Waals surface area contributed by atoms with Crippen molar-refractivity contribution in [1.82, 2.24) is 10.3 Å². The lowest BCUT2D eigenvalue weighted by Gasteiger charge is -2.08. The molecular weight excluding hydrogens is 336 g/mol. The summed E-state index contributed by atoms with van der Waals surface area (Å²) in [6, 6.07) is 8.79. The van der Waals surface area contributed by atoms with Crippen molar-refractivity contribution in [3.63, 3.8) is 0 Å². The number of benzene rings is 1. The number of aromatic nitrogens is 1. The van der Waals surface area contributed by atoms with Gasteiger partial charge in [-0.1, -0.05) is 22.0 Å². The third-order valence-corrected chi connectivity index (χ3v) is 3.69. The smallest absolute Gasteiger partial charge is 0.335 e. The molecule has 6 heteroatoms. The molecule has 0 radical (unpaired) electrons. The molecule has 0 aliphatic rings. The molecule has 0 saturated carbocycles. The van der Waals surface area contributed by atoms with Gasteiger partial charge in [0.15, 0.2) is 0 Å². The maximum absolute atomic E-state index is 10.9. The first-order chi connectivity index (χ1) is 10.1. The summed E-state index contributed by atoms with van der Waals surface area (Å²) in [5.41, 5.74) is 2.34. The van der Waals surface area contributed by atoms with Crippen LogP contribution in [0.5, 0.6) is 5.88 Å². The average molecular weight is 351 g/mol. The van der Waals surface area contributed by atoms with Gasteiger partial charge < -0.3 is 15.2 Å². The molecule has 0 bridgehead atoms. The van der Waals surface area contributed by atoms with Gasteiger partial charge >= 0.3 is 5.97 Å². The van der Waals surface area contributed by atoms with E-state index in [1.807, 2.05) is 12.1 Å². The molecule has 0 fully saturated rings. The Morgan fingerprint density at radius 3 is 2.81 bits per heavy atom. The first-order valence-electron chi connectivity index (χ1n) is 6.31. The highest BCUT2D eigenvalue weighted by Gasteiger charge is 2.06. The summed E-state index contributed by atoms with van der Waals surface area (Å²) in [5.74, 6) is -0.347. The number of carboxylic acids is 1. The normalized spacial score (nSPS) is 10.4. The molecular formula is C15H15BrN2O3. The fourth-order valence-corrected chi connectivity index (χ4v) is 2.36. The number of nitrogens with one attached hydrogen (secondary N) is 1. The highest BCUT2D eigenvalue weighted by Crippen LogP contribution is 2.19. The van der Waals surface area contributed by atoms with Gasteiger partial charge in [0, 0.05) is 29.8 Å². The van der Waals surface area contributed by atoms with Crippen molar-refractivity contribution >= 4 is 21.9 Å². The van der Waals surface area contributed by atoms with Crippen LogP contribution in [-0.2, 0) is 13.1 Å². The molecule has 0 atom stereocenters. The maximum atomic E-state index is 10.9. The van der Waals surface area contributed by atoms with Gasteiger partial charge in [0.05, 0.1) is 12.7 Å². The van der Waals surface area contributed by atoms with Gasteiger partial charge in [-0.3, -0.25) is 0 Å². The summed E-state index contributed by atoms with van der Waals surface area (Å²) >= 11 is 3.39. The van der Waals surface area contributed by atoms with Gasteiger partial charge in [-0.25, -0.2) is 9.78 Å². The van der Waals surface area contributed by atoms with Crippen LogP contribution in [-0.4, -0.2) is 23.2 Å². The van der Waals surface area contributed by atoms with Crippen molar-refractivity contribution in [2.75, 3.05) is 7.11 Å². The summed E-state index contributed by atoms with van der Waals surface area (Å²) in [4.78, 5) is 14.9. The van der Waals surface area contributed by atoms with Crippen molar-refractivity contribution in [3.8, 4) is 5.88 Å². The Kier molecular flexibility index (Phi) is 5.30. The van der Waals surface area contributed by atoms with Gasteiger partial charge in [0.2, 0.25) is 5.88 Å². The second-order valence-corrected chi connectivity index (χ2v) is 5.28. The molecule has 5 nitrogen and oxygen atoms in total. The molecule has 1 aromatic heterocycles. The van der Waals surface area contributed by atoms with Crippen molar-refractivity contribution in [1.29, 1.82) is 0 Å². The Labute approximate surface area is 131 Å². The van der Waals surface area contributed by atoms with Gasteiger partial charge in [-0.2, -0.15) is 0 Å². The standard InChI is InChI=1S/C15H15BrN2O3/c1-21-14-6-10(4-5-18-14)8-17-9-12-3-2-11(15(19)20)7-13(12)16/h2-7,17H,8-9H2,1H3,(H,19,20). The van der Waals surface area contributed by atoms with Crippen LogP contribution in [0.1, 0.15) is 21.5 Å². The first-order valence-corrected chi connectivity index (χ1v) is 7.11. The highest BCUT2D eigenvalue weighted by molar-refractivity contribution is 9.10. The number of hydrogen-bond donors (Lipinski definition) is 2. The molecule has 110 valence electrons. The summed E-state index contributed by atoms with van der Waals surface area (Å²) in [6.45, 7) is 1.30. The zero-order chi connectivity index (χ0) is 15.2. The van der Waals surface area contributed by atoms with Gasteiger partial charge in [0.25, 0.3) is 0 Å². The molecule has 21 heavy (non-hydrogen) atoms. The van der Waals surface area contributed by atoms with Crippen LogP contribution in [0.3, 0.4) is 0 Å². The van der Waals surface area contributed by atoms with E-state index in [-0.39, 0.29) is 5.56 Å². The minimum Gasteiger partial charge on any atom is -0.481 e. The number of aromatic carboxylic acids is 1. The summed E-state index contributed by atoms with van der Waals surface area (Å²) in [5, 5.41) is 12.2. The third-order valence-electron chi connectivity index (χ3n) is 2.95. The van der Waals surface area contributed by atoms with Crippen LogP contribution >= 0.6 is 15.9 Å². The van der Waals surface area contributed by atoms with E-state index >= 15 is 0 Å². The fourth-order valence-electron chi connectivity index (χ4n) is 1.84. The Morgan fingerprint density at radius 1 is 1.33 bits per heavy atom. The van der Waals surface area contributed by atoms with Crippen molar-refractivity contribution in [2.24, 2.45) is 0 Å². The van der Waals surface area contributed by atoms with E-state index in [0.29, 0.717) is 19.0 Å². The number of rotatable bonds is 6. The Bertz CT molecular complexity index is 647. The second kappa shape index (κ2) is 7.19. The van der Waals surface area contributed by atoms with Crippen LogP contribution in [0.15, 0.2) is 41.0 Å². The molecule has 0 amide bonds. The van der Waals surface area contributed by atoms with E-state index in [1.54, 1.807) is 31.5 Å². The van der Waals surface area contributed by atoms with Gasteiger partial charge in [-0.15, -0.1) is 0 Å². The quantitative estimate of drug-likeness (QED) is 0.838. The highest BCUT2D eigenvalue weighted by atomic mass is 79.9. The molecule has 0 saturated heterocycles. The number of carbonyl (C=O) groups is 1. The number of methoxy groups -OCH3 is 1. The zero-order valence-corrected chi connectivity index (χ0v) is 13.1. The van der Waals surface area contributed by atoms with E-state index in [0.717, 1.165) is 15.6 Å². The molecule has 0 unspecified atom stereocenters. The van der Waals surface area contributed by atoms with E-state index in [2.05, 4.69) is 26.2 Å². The summed E-state index contributed by atoms with van der Waals surface area (Å²) in [6.07, 6.45) is 1.70. The van der Waals surface area contributed by atoms with Crippen LogP contribution in [0.2, 0.25) is 0 Å². The SMILES string of the molecule is COc1cc(CNCc2ccc(C(=O)O)cc2Br)ccn1. The lowest BCUT2D eigenvalue weighted by Crippen LogP contribution is -2.13. The van der Waals surface area contributed by atoms with Crippen LogP contribution in [0.25, 0.3) is 0 Å². The molecule has 2 rings (SSSR count). The van der Waals surface area contributed by atoms with Crippen LogP contribution in [0, 0.1) is 0 Å². The average Bonchev–Trinajstić information content (AvgIpc) is 2.49. The number of carboxylic acid groups (broad SMARTS) is 1. The number of hydrogen-bond acceptors (Lipinski definition) is 4. The molecule has 1 heterocycles. The van der Waals surface area contributed by atoms with Gasteiger partial charge in [-0.05, 0) is 29.3 Å². The molecule has 0 aliphatic heterocycles. The molecule has 2 N–H and O–H groups in total. The lowest BCUT2D eigenvalue weighted by atomic mass is 10.1. The Hall–Kier alpha value is -1.92. The largest absolute Gasteiger partial charge is 0.481 e. The number of halogens is 1. The Balaban J connectivity index is 1.95. The number of pyridine rings is 1. The first kappa shape index (κ1) is 15.5. The predicted octanol–water partition coefficient (Wildman–Crippen LogP) is 2.84. The van der Waals surface area contributed by atoms with Gasteiger partial charge in [0.1, 0.15) is 0 Å². The minimum absolute atomic E-state index is 0.268. The molecule has 0 aliphatic carbocycles. The molecule has 2 aromatic rings. The van der Waals surface area contributed by atoms with Crippen LogP contribution in [0.4, 0.5) is 0 Å². The monoisotopic (exact) mass is 350 g/mol. The van der Waals surface area contributed by atoms with E-state index < -0.39 is 5.97 Å². The minimum atomic E-state index is -0.931. The summed E-state index contributed by atoms with van der Waals surface area (Å²) in [7, 11) is 1.58. The van der Waals surface area contributed by atoms with E-state index in [1.165, 1.54) is 0 Å². The maximum Gasteiger partial charge on any atom is 0.335 e. The predicted molar refractivity (Wildman–Crippen MR) is 82.4 cm³/mol. The van der Waals surface area contributed by atoms with Crippen molar-refractivity contribution in [3.05, 3.63) is 57.7 Å². The molecule has 0 spiro atoms. The third kappa shape index (κ3) is 4.27. The number of ether oxygens (including phenoxy) is 1. The Morgan fingerprint density at radius 2 is 2.14 bits per heavy atom. The second-order valence-electron chi connectivity index (χ2n) is 4.42. The zero-order valence-electron chi connectivity index (χ0n) is 11.5. The number of nitrogens with zero attached hydrogens (tertiary/aromatic N) is 1. The van der Waals surface area contributed by atoms with E-state index in [9.17, 15) is 4.79 Å². The van der Waals surface area contributed by atoms with Crippen molar-refractivity contribution in [2.45, 2.75) is 13.1 Å². The topological polar surface area (TPSA) is 71.5 Å².